The number of carbonyl (C=O) groups is 1. The zero-order chi connectivity index (χ0) is 13.7. The second-order valence-electron chi connectivity index (χ2n) is 4.20. The molecule has 0 spiro atoms. The van der Waals surface area contributed by atoms with Crippen molar-refractivity contribution in [2.45, 2.75) is 6.92 Å². The molecule has 2 aromatic rings. The van der Waals surface area contributed by atoms with Gasteiger partial charge in [0.15, 0.2) is 0 Å². The zero-order valence-corrected chi connectivity index (χ0v) is 11.1. The first-order valence-corrected chi connectivity index (χ1v) is 6.11. The van der Waals surface area contributed by atoms with E-state index in [4.69, 9.17) is 0 Å². The van der Waals surface area contributed by atoms with E-state index in [-0.39, 0.29) is 5.91 Å². The fourth-order valence-electron chi connectivity index (χ4n) is 1.78. The maximum Gasteiger partial charge on any atom is 0.251 e. The molecular weight excluding hydrogens is 242 g/mol. The Balaban J connectivity index is 2.13. The number of benzene rings is 1. The number of aromatic nitrogens is 3. The van der Waals surface area contributed by atoms with Gasteiger partial charge in [-0.1, -0.05) is 0 Å². The van der Waals surface area contributed by atoms with Crippen molar-refractivity contribution in [1.82, 2.24) is 25.4 Å². The topological polar surface area (TPSA) is 71.8 Å². The number of nitrogens with one attached hydrogen (secondary N) is 2. The molecule has 0 fully saturated rings. The molecule has 100 valence electrons. The molecule has 0 aliphatic rings. The molecule has 2 rings (SSSR count). The maximum absolute atomic E-state index is 12.0. The van der Waals surface area contributed by atoms with E-state index in [2.05, 4.69) is 20.7 Å². The van der Waals surface area contributed by atoms with Crippen molar-refractivity contribution in [3.8, 4) is 5.69 Å². The summed E-state index contributed by atoms with van der Waals surface area (Å²) >= 11 is 0. The van der Waals surface area contributed by atoms with Crippen LogP contribution in [0.15, 0.2) is 30.9 Å². The molecule has 1 aromatic heterocycles. The minimum absolute atomic E-state index is 0.0575. The van der Waals surface area contributed by atoms with E-state index in [0.717, 1.165) is 17.8 Å². The maximum atomic E-state index is 12.0. The van der Waals surface area contributed by atoms with Crippen LogP contribution in [-0.2, 0) is 0 Å². The van der Waals surface area contributed by atoms with E-state index < -0.39 is 0 Å². The lowest BCUT2D eigenvalue weighted by molar-refractivity contribution is 0.0953. The second-order valence-corrected chi connectivity index (χ2v) is 4.20. The van der Waals surface area contributed by atoms with Crippen molar-refractivity contribution in [3.05, 3.63) is 42.0 Å². The number of hydrogen-bond donors (Lipinski definition) is 2. The molecule has 1 heterocycles. The van der Waals surface area contributed by atoms with Gasteiger partial charge in [-0.3, -0.25) is 4.79 Å². The van der Waals surface area contributed by atoms with E-state index in [9.17, 15) is 4.79 Å². The Morgan fingerprint density at radius 2 is 2.21 bits per heavy atom. The highest BCUT2D eigenvalue weighted by molar-refractivity contribution is 5.95. The van der Waals surface area contributed by atoms with Crippen molar-refractivity contribution in [2.75, 3.05) is 20.1 Å². The van der Waals surface area contributed by atoms with Gasteiger partial charge in [0, 0.05) is 18.7 Å². The van der Waals surface area contributed by atoms with Gasteiger partial charge in [-0.25, -0.2) is 9.67 Å². The molecule has 0 unspecified atom stereocenters. The van der Waals surface area contributed by atoms with E-state index in [1.165, 1.54) is 6.33 Å². The van der Waals surface area contributed by atoms with Crippen LogP contribution in [0.5, 0.6) is 0 Å². The number of aryl methyl sites for hydroxylation is 1. The average Bonchev–Trinajstić information content (AvgIpc) is 2.92. The fraction of sp³-hybridized carbons (Fsp3) is 0.308. The van der Waals surface area contributed by atoms with E-state index in [1.54, 1.807) is 17.1 Å². The van der Waals surface area contributed by atoms with Gasteiger partial charge in [-0.2, -0.15) is 5.10 Å². The van der Waals surface area contributed by atoms with Gasteiger partial charge in [0.05, 0.1) is 5.69 Å². The van der Waals surface area contributed by atoms with Gasteiger partial charge in [-0.15, -0.1) is 0 Å². The predicted octanol–water partition coefficient (Wildman–Crippen LogP) is 0.525. The molecule has 0 aliphatic carbocycles. The number of rotatable bonds is 5. The molecule has 1 aromatic carbocycles. The largest absolute Gasteiger partial charge is 0.351 e. The smallest absolute Gasteiger partial charge is 0.251 e. The predicted molar refractivity (Wildman–Crippen MR) is 72.4 cm³/mol. The van der Waals surface area contributed by atoms with Crippen LogP contribution in [0.2, 0.25) is 0 Å². The van der Waals surface area contributed by atoms with Gasteiger partial charge in [0.2, 0.25) is 0 Å². The summed E-state index contributed by atoms with van der Waals surface area (Å²) in [7, 11) is 1.85. The van der Waals surface area contributed by atoms with Crippen LogP contribution >= 0.6 is 0 Å². The van der Waals surface area contributed by atoms with Crippen molar-refractivity contribution >= 4 is 5.91 Å². The quantitative estimate of drug-likeness (QED) is 0.768. The Morgan fingerprint density at radius 3 is 2.84 bits per heavy atom. The molecule has 2 N–H and O–H groups in total. The molecule has 1 amide bonds. The van der Waals surface area contributed by atoms with Gasteiger partial charge >= 0.3 is 0 Å². The highest BCUT2D eigenvalue weighted by Crippen LogP contribution is 2.13. The van der Waals surface area contributed by atoms with Crippen LogP contribution < -0.4 is 10.6 Å². The fourth-order valence-corrected chi connectivity index (χ4v) is 1.78. The Kier molecular flexibility index (Phi) is 4.25. The SMILES string of the molecule is CNCCNC(=O)c1ccc(-n2cncn2)cc1C. The van der Waals surface area contributed by atoms with Crippen LogP contribution in [-0.4, -0.2) is 40.8 Å². The number of likely N-dealkylation sites (N-methyl/N-ethyl adjacent to an activating group) is 1. The van der Waals surface area contributed by atoms with Crippen LogP contribution in [0, 0.1) is 6.92 Å². The first-order chi connectivity index (χ1) is 9.22. The lowest BCUT2D eigenvalue weighted by Gasteiger charge is -2.09. The summed E-state index contributed by atoms with van der Waals surface area (Å²) in [6.07, 6.45) is 3.11. The molecule has 19 heavy (non-hydrogen) atoms. The molecule has 0 radical (unpaired) electrons. The van der Waals surface area contributed by atoms with Crippen LogP contribution in [0.4, 0.5) is 0 Å². The first kappa shape index (κ1) is 13.2. The first-order valence-electron chi connectivity index (χ1n) is 6.11. The minimum atomic E-state index is -0.0575. The van der Waals surface area contributed by atoms with Crippen LogP contribution in [0.1, 0.15) is 15.9 Å². The third-order valence-electron chi connectivity index (χ3n) is 2.80. The summed E-state index contributed by atoms with van der Waals surface area (Å²) in [6, 6.07) is 5.58. The normalized spacial score (nSPS) is 10.4. The average molecular weight is 259 g/mol. The molecule has 0 saturated carbocycles. The zero-order valence-electron chi connectivity index (χ0n) is 11.1. The van der Waals surface area contributed by atoms with Gasteiger partial charge < -0.3 is 10.6 Å². The summed E-state index contributed by atoms with van der Waals surface area (Å²) in [5, 5.41) is 9.90. The summed E-state index contributed by atoms with van der Waals surface area (Å²) in [5.74, 6) is -0.0575. The molecule has 0 aliphatic heterocycles. The highest BCUT2D eigenvalue weighted by Gasteiger charge is 2.09. The monoisotopic (exact) mass is 259 g/mol. The minimum Gasteiger partial charge on any atom is -0.351 e. The Hall–Kier alpha value is -2.21. The molecule has 6 nitrogen and oxygen atoms in total. The Labute approximate surface area is 111 Å². The Bertz CT molecular complexity index is 550. The van der Waals surface area contributed by atoms with Crippen LogP contribution in [0.25, 0.3) is 5.69 Å². The molecule has 0 atom stereocenters. The van der Waals surface area contributed by atoms with Gasteiger partial charge in [0.1, 0.15) is 12.7 Å². The van der Waals surface area contributed by atoms with Crippen molar-refractivity contribution in [3.63, 3.8) is 0 Å². The molecular formula is C13H17N5O. The van der Waals surface area contributed by atoms with Gasteiger partial charge in [-0.05, 0) is 37.7 Å². The van der Waals surface area contributed by atoms with Gasteiger partial charge in [0.25, 0.3) is 5.91 Å². The van der Waals surface area contributed by atoms with Crippen molar-refractivity contribution in [2.24, 2.45) is 0 Å². The summed E-state index contributed by atoms with van der Waals surface area (Å²) in [4.78, 5) is 15.9. The second kappa shape index (κ2) is 6.10. The molecule has 0 saturated heterocycles. The number of nitrogens with zero attached hydrogens (tertiary/aromatic N) is 3. The number of amides is 1. The number of carbonyl (C=O) groups excluding carboxylic acids is 1. The summed E-state index contributed by atoms with van der Waals surface area (Å²) in [5.41, 5.74) is 2.48. The summed E-state index contributed by atoms with van der Waals surface area (Å²) < 4.78 is 1.66. The lowest BCUT2D eigenvalue weighted by atomic mass is 10.1. The third-order valence-corrected chi connectivity index (χ3v) is 2.80. The molecule has 0 bridgehead atoms. The van der Waals surface area contributed by atoms with E-state index >= 15 is 0 Å². The molecule has 6 heteroatoms. The standard InChI is InChI=1S/C13H17N5O/c1-10-7-11(18-9-15-8-17-18)3-4-12(10)13(19)16-6-5-14-2/h3-4,7-9,14H,5-6H2,1-2H3,(H,16,19). The summed E-state index contributed by atoms with van der Waals surface area (Å²) in [6.45, 7) is 3.27. The van der Waals surface area contributed by atoms with E-state index in [0.29, 0.717) is 12.1 Å². The van der Waals surface area contributed by atoms with Crippen molar-refractivity contribution in [1.29, 1.82) is 0 Å². The highest BCUT2D eigenvalue weighted by atomic mass is 16.1. The lowest BCUT2D eigenvalue weighted by Crippen LogP contribution is -2.30. The third kappa shape index (κ3) is 3.17. The Morgan fingerprint density at radius 1 is 1.37 bits per heavy atom. The van der Waals surface area contributed by atoms with Crippen molar-refractivity contribution < 1.29 is 4.79 Å². The number of hydrogen-bond acceptors (Lipinski definition) is 4. The van der Waals surface area contributed by atoms with Crippen LogP contribution in [0.3, 0.4) is 0 Å². The van der Waals surface area contributed by atoms with E-state index in [1.807, 2.05) is 26.1 Å².